The molecule has 0 saturated carbocycles. The van der Waals surface area contributed by atoms with Crippen LogP contribution in [0.25, 0.3) is 0 Å². The fourth-order valence-electron chi connectivity index (χ4n) is 1.00. The standard InChI is InChI=1S/C7H11N3/c1-5(2)10-6(8)3-4-7(10)9/h3-5,8-9H,1-2H3. The molecule has 0 aromatic heterocycles. The summed E-state index contributed by atoms with van der Waals surface area (Å²) < 4.78 is 0. The Labute approximate surface area is 60.4 Å². The van der Waals surface area contributed by atoms with Gasteiger partial charge in [0.05, 0.1) is 0 Å². The first kappa shape index (κ1) is 6.99. The second kappa shape index (κ2) is 2.25. The average molecular weight is 137 g/mol. The van der Waals surface area contributed by atoms with E-state index in [0.717, 1.165) is 0 Å². The lowest BCUT2D eigenvalue weighted by Crippen LogP contribution is -2.35. The molecule has 0 saturated heterocycles. The van der Waals surface area contributed by atoms with Crippen LogP contribution in [0.15, 0.2) is 12.2 Å². The van der Waals surface area contributed by atoms with Crippen molar-refractivity contribution in [2.75, 3.05) is 0 Å². The Morgan fingerprint density at radius 3 is 1.80 bits per heavy atom. The molecule has 0 aliphatic carbocycles. The minimum Gasteiger partial charge on any atom is -0.309 e. The summed E-state index contributed by atoms with van der Waals surface area (Å²) in [4.78, 5) is 1.67. The maximum atomic E-state index is 7.36. The quantitative estimate of drug-likeness (QED) is 0.561. The van der Waals surface area contributed by atoms with E-state index >= 15 is 0 Å². The van der Waals surface area contributed by atoms with Gasteiger partial charge in [-0.05, 0) is 26.0 Å². The zero-order chi connectivity index (χ0) is 7.72. The normalized spacial score (nSPS) is 17.7. The van der Waals surface area contributed by atoms with Gasteiger partial charge < -0.3 is 4.90 Å². The smallest absolute Gasteiger partial charge is 0.126 e. The van der Waals surface area contributed by atoms with Crippen LogP contribution in [-0.2, 0) is 0 Å². The van der Waals surface area contributed by atoms with Crippen molar-refractivity contribution in [3.05, 3.63) is 12.2 Å². The Kier molecular flexibility index (Phi) is 1.57. The number of hydrogen-bond donors (Lipinski definition) is 2. The molecular weight excluding hydrogens is 126 g/mol. The van der Waals surface area contributed by atoms with Gasteiger partial charge in [0, 0.05) is 6.04 Å². The lowest BCUT2D eigenvalue weighted by Gasteiger charge is -2.21. The van der Waals surface area contributed by atoms with Crippen molar-refractivity contribution in [3.63, 3.8) is 0 Å². The average Bonchev–Trinajstić information content (AvgIpc) is 2.11. The molecule has 0 fully saturated rings. The summed E-state index contributed by atoms with van der Waals surface area (Å²) in [5.74, 6) is 0.833. The van der Waals surface area contributed by atoms with Crippen LogP contribution in [0.4, 0.5) is 0 Å². The van der Waals surface area contributed by atoms with Crippen molar-refractivity contribution in [1.29, 1.82) is 10.8 Å². The molecule has 0 unspecified atom stereocenters. The number of amidine groups is 2. The zero-order valence-corrected chi connectivity index (χ0v) is 6.18. The van der Waals surface area contributed by atoms with E-state index < -0.39 is 0 Å². The van der Waals surface area contributed by atoms with Crippen molar-refractivity contribution < 1.29 is 0 Å². The monoisotopic (exact) mass is 137 g/mol. The first-order valence-electron chi connectivity index (χ1n) is 3.27. The van der Waals surface area contributed by atoms with E-state index in [9.17, 15) is 0 Å². The molecule has 3 heteroatoms. The third-order valence-electron chi connectivity index (χ3n) is 1.43. The summed E-state index contributed by atoms with van der Waals surface area (Å²) in [5.41, 5.74) is 0. The summed E-state index contributed by atoms with van der Waals surface area (Å²) in [7, 11) is 0. The zero-order valence-electron chi connectivity index (χ0n) is 6.18. The van der Waals surface area contributed by atoms with Gasteiger partial charge in [0.2, 0.25) is 0 Å². The Hall–Kier alpha value is -1.12. The third kappa shape index (κ3) is 0.943. The topological polar surface area (TPSA) is 50.9 Å². The Balaban J connectivity index is 2.79. The van der Waals surface area contributed by atoms with Crippen LogP contribution >= 0.6 is 0 Å². The van der Waals surface area contributed by atoms with Gasteiger partial charge in [0.25, 0.3) is 0 Å². The van der Waals surface area contributed by atoms with Gasteiger partial charge in [0.15, 0.2) is 0 Å². The van der Waals surface area contributed by atoms with Crippen LogP contribution in [-0.4, -0.2) is 22.6 Å². The van der Waals surface area contributed by atoms with E-state index in [2.05, 4.69) is 0 Å². The lowest BCUT2D eigenvalue weighted by atomic mass is 10.3. The number of rotatable bonds is 1. The SMILES string of the molecule is CC(C)N1C(=N)C=CC1=N. The molecule has 0 amide bonds. The lowest BCUT2D eigenvalue weighted by molar-refractivity contribution is 0.504. The summed E-state index contributed by atoms with van der Waals surface area (Å²) in [6.07, 6.45) is 3.28. The van der Waals surface area contributed by atoms with Crippen molar-refractivity contribution in [1.82, 2.24) is 4.90 Å². The van der Waals surface area contributed by atoms with Gasteiger partial charge >= 0.3 is 0 Å². The van der Waals surface area contributed by atoms with Crippen molar-refractivity contribution in [2.24, 2.45) is 0 Å². The summed E-state index contributed by atoms with van der Waals surface area (Å²) in [5, 5.41) is 14.7. The highest BCUT2D eigenvalue weighted by molar-refractivity contribution is 6.15. The molecule has 0 aromatic carbocycles. The van der Waals surface area contributed by atoms with E-state index in [1.165, 1.54) is 0 Å². The van der Waals surface area contributed by atoms with E-state index in [1.54, 1.807) is 17.1 Å². The number of nitrogens with zero attached hydrogens (tertiary/aromatic N) is 1. The first-order chi connectivity index (χ1) is 4.63. The van der Waals surface area contributed by atoms with Gasteiger partial charge in [-0.3, -0.25) is 10.8 Å². The minimum absolute atomic E-state index is 0.218. The molecular formula is C7H11N3. The fourth-order valence-corrected chi connectivity index (χ4v) is 1.00. The van der Waals surface area contributed by atoms with Crippen molar-refractivity contribution >= 4 is 11.7 Å². The highest BCUT2D eigenvalue weighted by Gasteiger charge is 2.19. The van der Waals surface area contributed by atoms with Crippen LogP contribution < -0.4 is 0 Å². The molecule has 1 aliphatic rings. The van der Waals surface area contributed by atoms with Crippen LogP contribution in [0.1, 0.15) is 13.8 Å². The molecule has 0 spiro atoms. The predicted octanol–water partition coefficient (Wildman–Crippen LogP) is 1.22. The summed E-state index contributed by atoms with van der Waals surface area (Å²) in [6, 6.07) is 0.218. The Morgan fingerprint density at radius 2 is 1.60 bits per heavy atom. The minimum atomic E-state index is 0.218. The number of nitrogens with one attached hydrogen (secondary N) is 2. The molecule has 1 heterocycles. The molecule has 1 rings (SSSR count). The second-order valence-corrected chi connectivity index (χ2v) is 2.57. The van der Waals surface area contributed by atoms with Crippen LogP contribution in [0.2, 0.25) is 0 Å². The van der Waals surface area contributed by atoms with E-state index in [-0.39, 0.29) is 6.04 Å². The van der Waals surface area contributed by atoms with Crippen LogP contribution in [0.3, 0.4) is 0 Å². The van der Waals surface area contributed by atoms with Crippen molar-refractivity contribution in [2.45, 2.75) is 19.9 Å². The predicted molar refractivity (Wildman–Crippen MR) is 41.6 cm³/mol. The maximum absolute atomic E-state index is 7.36. The van der Waals surface area contributed by atoms with Crippen molar-refractivity contribution in [3.8, 4) is 0 Å². The molecule has 54 valence electrons. The Bertz CT molecular complexity index is 185. The fraction of sp³-hybridized carbons (Fsp3) is 0.429. The summed E-state index contributed by atoms with van der Waals surface area (Å²) in [6.45, 7) is 3.94. The molecule has 1 aliphatic heterocycles. The van der Waals surface area contributed by atoms with E-state index in [4.69, 9.17) is 10.8 Å². The first-order valence-corrected chi connectivity index (χ1v) is 3.27. The second-order valence-electron chi connectivity index (χ2n) is 2.57. The molecule has 0 bridgehead atoms. The third-order valence-corrected chi connectivity index (χ3v) is 1.43. The Morgan fingerprint density at radius 1 is 1.20 bits per heavy atom. The van der Waals surface area contributed by atoms with Gasteiger partial charge in [-0.2, -0.15) is 0 Å². The van der Waals surface area contributed by atoms with Gasteiger partial charge in [-0.25, -0.2) is 0 Å². The van der Waals surface area contributed by atoms with Gasteiger partial charge in [-0.15, -0.1) is 0 Å². The molecule has 0 atom stereocenters. The highest BCUT2D eigenvalue weighted by atomic mass is 15.2. The van der Waals surface area contributed by atoms with Gasteiger partial charge in [-0.1, -0.05) is 0 Å². The van der Waals surface area contributed by atoms with Crippen LogP contribution in [0, 0.1) is 10.8 Å². The van der Waals surface area contributed by atoms with E-state index in [1.807, 2.05) is 13.8 Å². The van der Waals surface area contributed by atoms with Crippen LogP contribution in [0.5, 0.6) is 0 Å². The maximum Gasteiger partial charge on any atom is 0.126 e. The van der Waals surface area contributed by atoms with E-state index in [0.29, 0.717) is 11.7 Å². The molecule has 10 heavy (non-hydrogen) atoms. The molecule has 0 radical (unpaired) electrons. The largest absolute Gasteiger partial charge is 0.309 e. The number of hydrogen-bond acceptors (Lipinski definition) is 2. The molecule has 0 aromatic rings. The highest BCUT2D eigenvalue weighted by Crippen LogP contribution is 2.07. The molecule has 3 nitrogen and oxygen atoms in total. The molecule has 2 N–H and O–H groups in total. The van der Waals surface area contributed by atoms with Gasteiger partial charge in [0.1, 0.15) is 11.7 Å². The summed E-state index contributed by atoms with van der Waals surface area (Å²) >= 11 is 0.